The van der Waals surface area contributed by atoms with Gasteiger partial charge in [0.1, 0.15) is 0 Å². The van der Waals surface area contributed by atoms with Crippen molar-refractivity contribution in [2.45, 2.75) is 45.6 Å². The van der Waals surface area contributed by atoms with Crippen LogP contribution in [0.5, 0.6) is 0 Å². The van der Waals surface area contributed by atoms with E-state index in [-0.39, 0.29) is 23.0 Å². The third-order valence-electron chi connectivity index (χ3n) is 5.11. The van der Waals surface area contributed by atoms with E-state index in [9.17, 15) is 13.2 Å². The summed E-state index contributed by atoms with van der Waals surface area (Å²) in [5.41, 5.74) is 5.01. The van der Waals surface area contributed by atoms with Crippen LogP contribution in [0.4, 0.5) is 0 Å². The lowest BCUT2D eigenvalue weighted by molar-refractivity contribution is -0.120. The molecule has 0 atom stereocenters. The fourth-order valence-corrected chi connectivity index (χ4v) is 4.75. The number of aromatic nitrogens is 1. The smallest absolute Gasteiger partial charge is 0.221 e. The molecule has 2 aromatic carbocycles. The van der Waals surface area contributed by atoms with E-state index >= 15 is 0 Å². The van der Waals surface area contributed by atoms with Crippen molar-refractivity contribution in [3.05, 3.63) is 70.4 Å². The number of hydrogen-bond acceptors (Lipinski definition) is 5. The Labute approximate surface area is 177 Å². The van der Waals surface area contributed by atoms with Gasteiger partial charge in [-0.15, -0.1) is 0 Å². The van der Waals surface area contributed by atoms with Crippen molar-refractivity contribution in [2.24, 2.45) is 0 Å². The Morgan fingerprint density at radius 2 is 1.83 bits per heavy atom. The number of hydrogen-bond donors (Lipinski definition) is 1. The van der Waals surface area contributed by atoms with Gasteiger partial charge in [-0.2, -0.15) is 0 Å². The molecule has 0 fully saturated rings. The predicted octanol–water partition coefficient (Wildman–Crippen LogP) is 4.06. The largest absolute Gasteiger partial charge is 0.356 e. The van der Waals surface area contributed by atoms with Gasteiger partial charge in [0.15, 0.2) is 15.6 Å². The van der Waals surface area contributed by atoms with Crippen LogP contribution in [0.1, 0.15) is 34.4 Å². The molecule has 3 aromatic rings. The lowest BCUT2D eigenvalue weighted by Gasteiger charge is -2.10. The lowest BCUT2D eigenvalue weighted by Crippen LogP contribution is -2.25. The topological polar surface area (TPSA) is 89.3 Å². The lowest BCUT2D eigenvalue weighted by atomic mass is 10.1. The van der Waals surface area contributed by atoms with Crippen molar-refractivity contribution >= 4 is 15.7 Å². The van der Waals surface area contributed by atoms with Crippen LogP contribution in [-0.4, -0.2) is 25.2 Å². The second-order valence-electron chi connectivity index (χ2n) is 7.54. The van der Waals surface area contributed by atoms with E-state index in [1.165, 1.54) is 0 Å². The standard InChI is InChI=1S/C23H26N2O4S/c1-15-6-5-7-19(12-15)14-24-22(26)10-11-30(27,28)21-13-20(9-8-16(21)2)23-17(3)18(4)25-29-23/h5-9,12-13H,10-11,14H2,1-4H3,(H,24,26). The highest BCUT2D eigenvalue weighted by Crippen LogP contribution is 2.29. The number of nitrogens with zero attached hydrogens (tertiary/aromatic N) is 1. The highest BCUT2D eigenvalue weighted by atomic mass is 32.2. The predicted molar refractivity (Wildman–Crippen MR) is 116 cm³/mol. The summed E-state index contributed by atoms with van der Waals surface area (Å²) in [5, 5.41) is 6.73. The zero-order chi connectivity index (χ0) is 21.9. The first kappa shape index (κ1) is 21.8. The molecule has 0 aliphatic rings. The molecule has 1 aromatic heterocycles. The summed E-state index contributed by atoms with van der Waals surface area (Å²) in [6.45, 7) is 7.82. The first-order chi connectivity index (χ1) is 14.2. The Bertz CT molecular complexity index is 1180. The fourth-order valence-electron chi connectivity index (χ4n) is 3.21. The third kappa shape index (κ3) is 4.97. The number of nitrogens with one attached hydrogen (secondary N) is 1. The van der Waals surface area contributed by atoms with Gasteiger partial charge in [-0.3, -0.25) is 4.79 Å². The van der Waals surface area contributed by atoms with Crippen molar-refractivity contribution in [2.75, 3.05) is 5.75 Å². The van der Waals surface area contributed by atoms with Crippen LogP contribution in [0.3, 0.4) is 0 Å². The van der Waals surface area contributed by atoms with E-state index in [0.29, 0.717) is 23.4 Å². The molecule has 0 radical (unpaired) electrons. The van der Waals surface area contributed by atoms with Gasteiger partial charge in [0.25, 0.3) is 0 Å². The monoisotopic (exact) mass is 426 g/mol. The summed E-state index contributed by atoms with van der Waals surface area (Å²) in [5.74, 6) is 0.00109. The Morgan fingerprint density at radius 3 is 2.50 bits per heavy atom. The van der Waals surface area contributed by atoms with Crippen molar-refractivity contribution in [3.8, 4) is 11.3 Å². The van der Waals surface area contributed by atoms with Crippen LogP contribution in [0, 0.1) is 27.7 Å². The second-order valence-corrected chi connectivity index (χ2v) is 9.61. The molecule has 7 heteroatoms. The molecule has 158 valence electrons. The van der Waals surface area contributed by atoms with Gasteiger partial charge in [-0.05, 0) is 44.9 Å². The molecule has 30 heavy (non-hydrogen) atoms. The number of amides is 1. The van der Waals surface area contributed by atoms with Crippen molar-refractivity contribution in [1.82, 2.24) is 10.5 Å². The first-order valence-corrected chi connectivity index (χ1v) is 11.4. The van der Waals surface area contributed by atoms with Crippen LogP contribution in [-0.2, 0) is 21.2 Å². The van der Waals surface area contributed by atoms with Crippen molar-refractivity contribution in [3.63, 3.8) is 0 Å². The van der Waals surface area contributed by atoms with Crippen LogP contribution < -0.4 is 5.32 Å². The Morgan fingerprint density at radius 1 is 1.07 bits per heavy atom. The zero-order valence-electron chi connectivity index (χ0n) is 17.7. The highest BCUT2D eigenvalue weighted by molar-refractivity contribution is 7.91. The molecular formula is C23H26N2O4S. The zero-order valence-corrected chi connectivity index (χ0v) is 18.5. The molecule has 0 aliphatic heterocycles. The van der Waals surface area contributed by atoms with E-state index in [4.69, 9.17) is 4.52 Å². The number of aryl methyl sites for hydroxylation is 3. The van der Waals surface area contributed by atoms with Gasteiger partial charge in [0.05, 0.1) is 16.3 Å². The highest BCUT2D eigenvalue weighted by Gasteiger charge is 2.21. The number of carbonyl (C=O) groups is 1. The van der Waals surface area contributed by atoms with Crippen LogP contribution in [0.25, 0.3) is 11.3 Å². The third-order valence-corrected chi connectivity index (χ3v) is 6.96. The summed E-state index contributed by atoms with van der Waals surface area (Å²) >= 11 is 0. The number of carbonyl (C=O) groups excluding carboxylic acids is 1. The summed E-state index contributed by atoms with van der Waals surface area (Å²) in [6.07, 6.45) is -0.0989. The van der Waals surface area contributed by atoms with E-state index in [1.807, 2.05) is 51.1 Å². The normalized spacial score (nSPS) is 11.5. The maximum atomic E-state index is 12.9. The molecule has 0 saturated carbocycles. The van der Waals surface area contributed by atoms with Crippen molar-refractivity contribution in [1.29, 1.82) is 0 Å². The average molecular weight is 427 g/mol. The SMILES string of the molecule is Cc1cccc(CNC(=O)CCS(=O)(=O)c2cc(-c3onc(C)c3C)ccc2C)c1. The molecule has 6 nitrogen and oxygen atoms in total. The molecule has 0 bridgehead atoms. The second kappa shape index (κ2) is 8.83. The van der Waals surface area contributed by atoms with Gasteiger partial charge in [0.2, 0.25) is 5.91 Å². The number of rotatable bonds is 7. The molecule has 1 heterocycles. The van der Waals surface area contributed by atoms with Crippen LogP contribution >= 0.6 is 0 Å². The number of benzene rings is 2. The van der Waals surface area contributed by atoms with Gasteiger partial charge in [-0.25, -0.2) is 8.42 Å². The van der Waals surface area contributed by atoms with Crippen LogP contribution in [0.15, 0.2) is 51.9 Å². The van der Waals surface area contributed by atoms with Gasteiger partial charge < -0.3 is 9.84 Å². The molecule has 1 amide bonds. The molecule has 0 aliphatic carbocycles. The minimum absolute atomic E-state index is 0.0989. The Kier molecular flexibility index (Phi) is 6.41. The molecule has 0 unspecified atom stereocenters. The van der Waals surface area contributed by atoms with E-state index in [1.54, 1.807) is 19.1 Å². The summed E-state index contributed by atoms with van der Waals surface area (Å²) < 4.78 is 31.2. The molecule has 1 N–H and O–H groups in total. The van der Waals surface area contributed by atoms with E-state index in [0.717, 1.165) is 22.4 Å². The fraction of sp³-hybridized carbons (Fsp3) is 0.304. The van der Waals surface area contributed by atoms with E-state index < -0.39 is 9.84 Å². The molecule has 0 spiro atoms. The Balaban J connectivity index is 1.70. The van der Waals surface area contributed by atoms with Gasteiger partial charge >= 0.3 is 0 Å². The maximum Gasteiger partial charge on any atom is 0.221 e. The minimum Gasteiger partial charge on any atom is -0.356 e. The molecular weight excluding hydrogens is 400 g/mol. The summed E-state index contributed by atoms with van der Waals surface area (Å²) in [4.78, 5) is 12.4. The summed E-state index contributed by atoms with van der Waals surface area (Å²) in [7, 11) is -3.64. The van der Waals surface area contributed by atoms with Gasteiger partial charge in [0, 0.05) is 24.1 Å². The van der Waals surface area contributed by atoms with Crippen LogP contribution in [0.2, 0.25) is 0 Å². The average Bonchev–Trinajstić information content (AvgIpc) is 3.04. The molecule has 3 rings (SSSR count). The first-order valence-electron chi connectivity index (χ1n) is 9.76. The summed E-state index contributed by atoms with van der Waals surface area (Å²) in [6, 6.07) is 13.0. The van der Waals surface area contributed by atoms with E-state index in [2.05, 4.69) is 10.5 Å². The van der Waals surface area contributed by atoms with Crippen molar-refractivity contribution < 1.29 is 17.7 Å². The van der Waals surface area contributed by atoms with Gasteiger partial charge in [-0.1, -0.05) is 47.1 Å². The maximum absolute atomic E-state index is 12.9. The minimum atomic E-state index is -3.64. The molecule has 0 saturated heterocycles. The quantitative estimate of drug-likeness (QED) is 0.615. The Hall–Kier alpha value is -2.93. The number of sulfone groups is 1.